The van der Waals surface area contributed by atoms with E-state index < -0.39 is 10.0 Å². The van der Waals surface area contributed by atoms with Crippen LogP contribution in [-0.2, 0) is 10.0 Å². The Morgan fingerprint density at radius 1 is 1.33 bits per heavy atom. The average molecular weight is 273 g/mol. The van der Waals surface area contributed by atoms with Crippen molar-refractivity contribution < 1.29 is 17.9 Å². The number of hydrogen-bond donors (Lipinski definition) is 1. The van der Waals surface area contributed by atoms with Crippen LogP contribution in [0.2, 0.25) is 0 Å². The van der Waals surface area contributed by atoms with Crippen molar-refractivity contribution in [3.05, 3.63) is 23.8 Å². The molecule has 1 atom stereocenters. The topological polar surface area (TPSA) is 64.6 Å². The Morgan fingerprint density at radius 2 is 2.00 bits per heavy atom. The monoisotopic (exact) mass is 273 g/mol. The van der Waals surface area contributed by atoms with Gasteiger partial charge in [-0.05, 0) is 31.5 Å². The third-order valence-corrected chi connectivity index (χ3v) is 3.16. The molecule has 5 nitrogen and oxygen atoms in total. The maximum Gasteiger partial charge on any atom is 0.209 e. The van der Waals surface area contributed by atoms with E-state index in [4.69, 9.17) is 9.47 Å². The van der Waals surface area contributed by atoms with E-state index in [1.807, 2.05) is 13.0 Å². The average Bonchev–Trinajstić information content (AvgIpc) is 2.27. The predicted octanol–water partition coefficient (Wildman–Crippen LogP) is 1.70. The van der Waals surface area contributed by atoms with Gasteiger partial charge in [-0.3, -0.25) is 0 Å². The molecule has 1 aromatic carbocycles. The summed E-state index contributed by atoms with van der Waals surface area (Å²) in [5, 5.41) is 0. The van der Waals surface area contributed by atoms with Crippen molar-refractivity contribution in [1.82, 2.24) is 4.72 Å². The quantitative estimate of drug-likeness (QED) is 0.857. The van der Waals surface area contributed by atoms with Gasteiger partial charge in [0.15, 0.2) is 11.5 Å². The van der Waals surface area contributed by atoms with E-state index >= 15 is 0 Å². The number of benzene rings is 1. The summed E-state index contributed by atoms with van der Waals surface area (Å²) in [7, 11) is -1.67. The van der Waals surface area contributed by atoms with Gasteiger partial charge in [0.1, 0.15) is 0 Å². The lowest BCUT2D eigenvalue weighted by Crippen LogP contribution is -2.25. The molecule has 6 heteroatoms. The first-order valence-electron chi connectivity index (χ1n) is 5.65. The summed E-state index contributed by atoms with van der Waals surface area (Å²) in [6.07, 6.45) is 1.14. The molecule has 102 valence electrons. The molecule has 0 aliphatic carbocycles. The molecule has 1 N–H and O–H groups in total. The molecule has 0 aromatic heterocycles. The molecule has 0 bridgehead atoms. The third kappa shape index (κ3) is 4.19. The maximum atomic E-state index is 11.2. The Morgan fingerprint density at radius 3 is 2.50 bits per heavy atom. The molecule has 0 saturated heterocycles. The van der Waals surface area contributed by atoms with Gasteiger partial charge in [0.2, 0.25) is 10.0 Å². The van der Waals surface area contributed by atoms with Crippen LogP contribution in [0.1, 0.15) is 25.5 Å². The molecule has 18 heavy (non-hydrogen) atoms. The van der Waals surface area contributed by atoms with Crippen LogP contribution in [0, 0.1) is 0 Å². The fourth-order valence-corrected chi connectivity index (χ4v) is 2.40. The zero-order valence-corrected chi connectivity index (χ0v) is 11.9. The number of methoxy groups -OCH3 is 1. The van der Waals surface area contributed by atoms with E-state index in [1.165, 1.54) is 0 Å². The Balaban J connectivity index is 3.00. The standard InChI is InChI=1S/C12H19NO4S/c1-5-17-12-8-10(6-7-11(12)16-3)9(2)13-18(4,14)15/h6-9,13H,5H2,1-4H3/t9-/m1/s1. The summed E-state index contributed by atoms with van der Waals surface area (Å²) < 4.78 is 35.5. The summed E-state index contributed by atoms with van der Waals surface area (Å²) in [5.41, 5.74) is 0.824. The zero-order chi connectivity index (χ0) is 13.8. The number of rotatable bonds is 6. The van der Waals surface area contributed by atoms with E-state index in [9.17, 15) is 8.42 Å². The first kappa shape index (κ1) is 14.8. The fourth-order valence-electron chi connectivity index (χ4n) is 1.62. The maximum absolute atomic E-state index is 11.2. The molecule has 0 heterocycles. The minimum absolute atomic E-state index is 0.315. The molecule has 0 aliphatic heterocycles. The van der Waals surface area contributed by atoms with E-state index in [0.29, 0.717) is 18.1 Å². The lowest BCUT2D eigenvalue weighted by atomic mass is 10.1. The van der Waals surface area contributed by atoms with E-state index in [1.54, 1.807) is 26.2 Å². The van der Waals surface area contributed by atoms with Gasteiger partial charge in [-0.25, -0.2) is 13.1 Å². The van der Waals surface area contributed by atoms with E-state index in [-0.39, 0.29) is 6.04 Å². The highest BCUT2D eigenvalue weighted by atomic mass is 32.2. The van der Waals surface area contributed by atoms with Crippen LogP contribution in [0.15, 0.2) is 18.2 Å². The van der Waals surface area contributed by atoms with Crippen LogP contribution in [-0.4, -0.2) is 28.4 Å². The smallest absolute Gasteiger partial charge is 0.209 e. The van der Waals surface area contributed by atoms with Gasteiger partial charge < -0.3 is 9.47 Å². The first-order chi connectivity index (χ1) is 8.37. The van der Waals surface area contributed by atoms with Gasteiger partial charge in [-0.1, -0.05) is 6.07 Å². The first-order valence-corrected chi connectivity index (χ1v) is 7.54. The highest BCUT2D eigenvalue weighted by Crippen LogP contribution is 2.30. The van der Waals surface area contributed by atoms with Crippen molar-refractivity contribution in [3.8, 4) is 11.5 Å². The summed E-state index contributed by atoms with van der Waals surface area (Å²) in [6, 6.07) is 5.04. The molecule has 1 rings (SSSR count). The van der Waals surface area contributed by atoms with Crippen LogP contribution in [0.4, 0.5) is 0 Å². The van der Waals surface area contributed by atoms with Crippen LogP contribution >= 0.6 is 0 Å². The molecule has 1 aromatic rings. The van der Waals surface area contributed by atoms with Crippen molar-refractivity contribution in [1.29, 1.82) is 0 Å². The molecule has 0 aliphatic rings. The van der Waals surface area contributed by atoms with Crippen LogP contribution in [0.3, 0.4) is 0 Å². The second-order valence-corrected chi connectivity index (χ2v) is 5.74. The molecule has 0 fully saturated rings. The van der Waals surface area contributed by atoms with Gasteiger partial charge in [0.05, 0.1) is 20.0 Å². The highest BCUT2D eigenvalue weighted by Gasteiger charge is 2.13. The van der Waals surface area contributed by atoms with Crippen LogP contribution in [0.5, 0.6) is 11.5 Å². The second kappa shape index (κ2) is 6.06. The van der Waals surface area contributed by atoms with Gasteiger partial charge >= 0.3 is 0 Å². The zero-order valence-electron chi connectivity index (χ0n) is 11.1. The van der Waals surface area contributed by atoms with E-state index in [0.717, 1.165) is 11.8 Å². The van der Waals surface area contributed by atoms with E-state index in [2.05, 4.69) is 4.72 Å². The number of ether oxygens (including phenoxy) is 2. The summed E-state index contributed by atoms with van der Waals surface area (Å²) in [4.78, 5) is 0. The lowest BCUT2D eigenvalue weighted by molar-refractivity contribution is 0.310. The normalized spacial score (nSPS) is 13.1. The molecule has 0 saturated carbocycles. The third-order valence-electron chi connectivity index (χ3n) is 2.38. The summed E-state index contributed by atoms with van der Waals surface area (Å²) in [5.74, 6) is 1.24. The summed E-state index contributed by atoms with van der Waals surface area (Å²) in [6.45, 7) is 4.18. The summed E-state index contributed by atoms with van der Waals surface area (Å²) >= 11 is 0. The highest BCUT2D eigenvalue weighted by molar-refractivity contribution is 7.88. The van der Waals surface area contributed by atoms with Gasteiger partial charge in [0.25, 0.3) is 0 Å². The Kier molecular flexibility index (Phi) is 4.98. The molecule has 0 amide bonds. The van der Waals surface area contributed by atoms with Crippen LogP contribution < -0.4 is 14.2 Å². The second-order valence-electron chi connectivity index (χ2n) is 3.96. The van der Waals surface area contributed by atoms with Gasteiger partial charge in [0, 0.05) is 6.04 Å². The van der Waals surface area contributed by atoms with Crippen molar-refractivity contribution in [2.75, 3.05) is 20.0 Å². The van der Waals surface area contributed by atoms with Crippen molar-refractivity contribution >= 4 is 10.0 Å². The molecular formula is C12H19NO4S. The largest absolute Gasteiger partial charge is 0.493 e. The molecule has 0 radical (unpaired) electrons. The predicted molar refractivity (Wildman–Crippen MR) is 70.6 cm³/mol. The van der Waals surface area contributed by atoms with Gasteiger partial charge in [-0.2, -0.15) is 0 Å². The number of sulfonamides is 1. The van der Waals surface area contributed by atoms with Crippen molar-refractivity contribution in [2.24, 2.45) is 0 Å². The van der Waals surface area contributed by atoms with Crippen molar-refractivity contribution in [2.45, 2.75) is 19.9 Å². The lowest BCUT2D eigenvalue weighted by Gasteiger charge is -2.15. The Hall–Kier alpha value is -1.27. The number of hydrogen-bond acceptors (Lipinski definition) is 4. The molecule has 0 unspecified atom stereocenters. The van der Waals surface area contributed by atoms with Crippen LogP contribution in [0.25, 0.3) is 0 Å². The Labute approximate surface area is 108 Å². The fraction of sp³-hybridized carbons (Fsp3) is 0.500. The SMILES string of the molecule is CCOc1cc([C@@H](C)NS(C)(=O)=O)ccc1OC. The molecule has 0 spiro atoms. The van der Waals surface area contributed by atoms with Gasteiger partial charge in [-0.15, -0.1) is 0 Å². The number of nitrogens with one attached hydrogen (secondary N) is 1. The minimum Gasteiger partial charge on any atom is -0.493 e. The van der Waals surface area contributed by atoms with Crippen molar-refractivity contribution in [3.63, 3.8) is 0 Å². The Bertz CT molecular complexity index is 499. The minimum atomic E-state index is -3.23. The molecular weight excluding hydrogens is 254 g/mol.